The lowest BCUT2D eigenvalue weighted by molar-refractivity contribution is -0.359. The van der Waals surface area contributed by atoms with Gasteiger partial charge in [0.05, 0.1) is 44.0 Å². The van der Waals surface area contributed by atoms with Crippen molar-refractivity contribution in [2.45, 2.75) is 164 Å². The molecule has 2 amide bonds. The van der Waals surface area contributed by atoms with Gasteiger partial charge in [-0.05, 0) is 48.7 Å². The molecule has 436 valence electrons. The van der Waals surface area contributed by atoms with Crippen LogP contribution in [0, 0.1) is 0 Å². The summed E-state index contributed by atoms with van der Waals surface area (Å²) in [6, 6.07) is 14.1. The summed E-state index contributed by atoms with van der Waals surface area (Å²) in [5, 5.41) is 104. The van der Waals surface area contributed by atoms with Gasteiger partial charge in [0.1, 0.15) is 74.3 Å². The molecule has 0 spiro atoms. The van der Waals surface area contributed by atoms with E-state index in [2.05, 4.69) is 17.6 Å². The third kappa shape index (κ3) is 16.6. The summed E-state index contributed by atoms with van der Waals surface area (Å²) in [6.07, 6.45) is -1.62. The van der Waals surface area contributed by atoms with Crippen LogP contribution in [0.1, 0.15) is 111 Å². The van der Waals surface area contributed by atoms with Crippen LogP contribution < -0.4 is 30.6 Å². The molecular formula is C58H82N4O17. The molecule has 2 aromatic rings. The van der Waals surface area contributed by atoms with E-state index in [4.69, 9.17) is 23.4 Å². The second-order valence-electron chi connectivity index (χ2n) is 20.9. The number of nitrogens with zero attached hydrogens (tertiary/aromatic N) is 2. The number of carboxylic acids is 1. The van der Waals surface area contributed by atoms with Crippen molar-refractivity contribution < 1.29 is 83.7 Å². The molecule has 3 aliphatic heterocycles. The summed E-state index contributed by atoms with van der Waals surface area (Å²) in [6.45, 7) is -0.0481. The van der Waals surface area contributed by atoms with E-state index in [1.54, 1.807) is 6.08 Å². The third-order valence-corrected chi connectivity index (χ3v) is 14.6. The number of carbonyl (C=O) groups excluding carboxylic acids is 3. The number of hydrogen-bond acceptors (Lipinski definition) is 18. The fourth-order valence-electron chi connectivity index (χ4n) is 9.87. The Hall–Kier alpha value is -5.40. The minimum atomic E-state index is -1.87. The highest BCUT2D eigenvalue weighted by molar-refractivity contribution is 6.09. The second-order valence-corrected chi connectivity index (χ2v) is 20.9. The van der Waals surface area contributed by atoms with Crippen LogP contribution in [0.4, 0.5) is 5.69 Å². The smallest absolute Gasteiger partial charge is 0.251 e. The summed E-state index contributed by atoms with van der Waals surface area (Å²) in [5.41, 5.74) is 2.57. The number of benzene rings is 3. The van der Waals surface area contributed by atoms with E-state index in [9.17, 15) is 60.3 Å². The van der Waals surface area contributed by atoms with Gasteiger partial charge in [0.25, 0.3) is 5.91 Å². The van der Waals surface area contributed by atoms with Gasteiger partial charge in [-0.2, -0.15) is 0 Å². The predicted octanol–water partition coefficient (Wildman–Crippen LogP) is 1.53. The van der Waals surface area contributed by atoms with Crippen LogP contribution in [0.5, 0.6) is 0 Å². The predicted molar refractivity (Wildman–Crippen MR) is 292 cm³/mol. The number of rotatable bonds is 29. The monoisotopic (exact) mass is 1110 g/mol. The minimum Gasteiger partial charge on any atom is -0.545 e. The number of aromatic carboxylic acids is 1. The number of ether oxygens (including phenoxy) is 4. The Morgan fingerprint density at radius 2 is 1.43 bits per heavy atom. The first-order chi connectivity index (χ1) is 37.9. The van der Waals surface area contributed by atoms with E-state index in [1.165, 1.54) is 69.2 Å². The number of hydrogen-bond donors (Lipinski definition) is 10. The molecule has 21 heteroatoms. The maximum absolute atomic E-state index is 13.8. The van der Waals surface area contributed by atoms with Gasteiger partial charge in [-0.1, -0.05) is 89.4 Å². The molecular weight excluding hydrogens is 1020 g/mol. The van der Waals surface area contributed by atoms with Crippen molar-refractivity contribution >= 4 is 34.4 Å². The zero-order chi connectivity index (χ0) is 57.3. The van der Waals surface area contributed by atoms with E-state index in [1.807, 2.05) is 74.1 Å². The first kappa shape index (κ1) is 62.8. The normalized spacial score (nSPS) is 24.2. The van der Waals surface area contributed by atoms with Crippen molar-refractivity contribution in [2.24, 2.45) is 0 Å². The van der Waals surface area contributed by atoms with Gasteiger partial charge in [0.15, 0.2) is 12.6 Å². The van der Waals surface area contributed by atoms with Crippen LogP contribution in [-0.2, 0) is 23.7 Å². The van der Waals surface area contributed by atoms with Crippen molar-refractivity contribution in [2.75, 3.05) is 59.5 Å². The number of carbonyl (C=O) groups is 3. The molecule has 1 aliphatic carbocycles. The lowest BCUT2D eigenvalue weighted by Gasteiger charge is -2.46. The minimum absolute atomic E-state index is 0.0946. The van der Waals surface area contributed by atoms with Crippen LogP contribution in [-0.4, -0.2) is 187 Å². The van der Waals surface area contributed by atoms with Gasteiger partial charge in [0.2, 0.25) is 11.3 Å². The fourth-order valence-corrected chi connectivity index (χ4v) is 9.87. The molecule has 3 heterocycles. The molecule has 10 N–H and O–H groups in total. The van der Waals surface area contributed by atoms with E-state index < -0.39 is 111 Å². The highest BCUT2D eigenvalue weighted by Gasteiger charge is 2.51. The Balaban J connectivity index is 1.13. The quantitative estimate of drug-likeness (QED) is 0.0160. The Morgan fingerprint density at radius 3 is 2.08 bits per heavy atom. The molecule has 2 aromatic carbocycles. The van der Waals surface area contributed by atoms with Crippen molar-refractivity contribution in [3.8, 4) is 22.5 Å². The molecule has 79 heavy (non-hydrogen) atoms. The van der Waals surface area contributed by atoms with Crippen molar-refractivity contribution in [3.05, 3.63) is 83.2 Å². The summed E-state index contributed by atoms with van der Waals surface area (Å²) < 4.78 is 31.0. The van der Waals surface area contributed by atoms with Crippen LogP contribution in [0.2, 0.25) is 0 Å². The molecule has 0 unspecified atom stereocenters. The number of amides is 2. The van der Waals surface area contributed by atoms with Gasteiger partial charge in [-0.25, -0.2) is 4.58 Å². The molecule has 0 radical (unpaired) electrons. The number of aliphatic hydroxyl groups excluding tert-OH is 8. The number of fused-ring (bicyclic) bond motifs is 2. The van der Waals surface area contributed by atoms with E-state index >= 15 is 0 Å². The molecule has 0 aromatic heterocycles. The van der Waals surface area contributed by atoms with Crippen LogP contribution in [0.25, 0.3) is 33.4 Å². The van der Waals surface area contributed by atoms with Crippen LogP contribution >= 0.6 is 0 Å². The molecule has 0 bridgehead atoms. The maximum atomic E-state index is 13.8. The average Bonchev–Trinajstić information content (AvgIpc) is 3.44. The molecule has 0 saturated carbocycles. The Labute approximate surface area is 461 Å². The molecule has 12 atom stereocenters. The lowest BCUT2D eigenvalue weighted by atomic mass is 9.89. The van der Waals surface area contributed by atoms with Crippen molar-refractivity contribution in [1.29, 1.82) is 0 Å². The number of carboxylic acid groups (broad SMARTS) is 1. The molecule has 2 saturated heterocycles. The van der Waals surface area contributed by atoms with Gasteiger partial charge in [0, 0.05) is 72.5 Å². The topological polar surface area (TPSA) is 316 Å². The highest BCUT2D eigenvalue weighted by atomic mass is 16.7. The van der Waals surface area contributed by atoms with Gasteiger partial charge >= 0.3 is 0 Å². The fraction of sp³-hybridized carbons (Fsp3) is 0.586. The first-order valence-electron chi connectivity index (χ1n) is 27.5. The van der Waals surface area contributed by atoms with Gasteiger partial charge in [-0.3, -0.25) is 9.59 Å². The SMILES string of the molecule is CCCCCCCCCCCCC/C=C/[C@@H](O)[C@H](CO[C@@H]1O[C@H](CO)[C@H](O[C@H]2O[C@H](CO)[C@H](O)[C@H](O)[C@H]2O)[C@H](O)[C@H]1O)NC(=O)CCNC(=O)c1ccc(C(=O)[O-])c(-c2c3ccc(=[N+](C)C)cc-3oc3cc(N(C)C)ccc23)c1. The maximum Gasteiger partial charge on any atom is 0.251 e. The van der Waals surface area contributed by atoms with Crippen molar-refractivity contribution in [1.82, 2.24) is 15.2 Å². The number of anilines is 1. The molecule has 4 aliphatic rings. The summed E-state index contributed by atoms with van der Waals surface area (Å²) >= 11 is 0. The van der Waals surface area contributed by atoms with E-state index in [-0.39, 0.29) is 29.7 Å². The Morgan fingerprint density at radius 1 is 0.772 bits per heavy atom. The van der Waals surface area contributed by atoms with Gasteiger partial charge in [-0.15, -0.1) is 0 Å². The van der Waals surface area contributed by atoms with E-state index in [0.29, 0.717) is 34.3 Å². The van der Waals surface area contributed by atoms with Gasteiger partial charge < -0.3 is 89.7 Å². The molecule has 2 fully saturated rings. The lowest BCUT2D eigenvalue weighted by Crippen LogP contribution is -2.65. The largest absolute Gasteiger partial charge is 0.545 e. The van der Waals surface area contributed by atoms with Crippen molar-refractivity contribution in [3.63, 3.8) is 0 Å². The summed E-state index contributed by atoms with van der Waals surface area (Å²) in [4.78, 5) is 42.1. The number of unbranched alkanes of at least 4 members (excludes halogenated alkanes) is 11. The number of aliphatic hydroxyl groups is 8. The zero-order valence-corrected chi connectivity index (χ0v) is 45.9. The Bertz CT molecular complexity index is 2670. The molecule has 21 nitrogen and oxygen atoms in total. The van der Waals surface area contributed by atoms with Crippen LogP contribution in [0.3, 0.4) is 0 Å². The first-order valence-corrected chi connectivity index (χ1v) is 27.5. The standard InChI is InChI=1S/C58H82N4O17/c1-6-7-8-9-10-11-12-13-14-15-16-17-18-19-42(65)41(33-75-57-53(71)51(69)54(46(32-64)78-57)79-58-52(70)50(68)49(67)45(31-63)77-58)60-47(66)26-27-59-55(72)34-20-23-37(56(73)74)40(28-34)48-38-24-21-35(61(2)3)29-43(38)76-44-30-36(62(4)5)22-25-39(44)48/h18-25,28-30,41-42,45-46,49-54,57-58,63-65,67-71H,6-17,26-27,31-33H2,1-5H3,(H2-,59,60,66,72,73,74)/b19-18+/t41-,42+,45+,46+,49-,50-,51+,52+,53+,54-,57+,58+/m0/s1. The Kier molecular flexibility index (Phi) is 24.2. The number of nitrogens with one attached hydrogen (secondary N) is 2. The zero-order valence-electron chi connectivity index (χ0n) is 45.9. The number of allylic oxidation sites excluding steroid dienone is 1. The third-order valence-electron chi connectivity index (χ3n) is 14.6. The second kappa shape index (κ2) is 30.4. The summed E-state index contributed by atoms with van der Waals surface area (Å²) in [5.74, 6) is -2.21. The summed E-state index contributed by atoms with van der Waals surface area (Å²) in [7, 11) is 7.55. The van der Waals surface area contributed by atoms with E-state index in [0.717, 1.165) is 36.7 Å². The molecule has 6 rings (SSSR count). The van der Waals surface area contributed by atoms with Crippen LogP contribution in [0.15, 0.2) is 71.2 Å². The average molecular weight is 1110 g/mol. The highest BCUT2D eigenvalue weighted by Crippen LogP contribution is 2.42.